The summed E-state index contributed by atoms with van der Waals surface area (Å²) in [6, 6.07) is 5.54. The zero-order chi connectivity index (χ0) is 16.3. The van der Waals surface area contributed by atoms with Crippen LogP contribution in [-0.4, -0.2) is 20.7 Å². The van der Waals surface area contributed by atoms with E-state index in [1.807, 2.05) is 0 Å². The van der Waals surface area contributed by atoms with Gasteiger partial charge >= 0.3 is 0 Å². The first-order valence-corrected chi connectivity index (χ1v) is 8.63. The average molecular weight is 345 g/mol. The number of carbonyl (C=O) groups excluding carboxylic acids is 1. The summed E-state index contributed by atoms with van der Waals surface area (Å²) < 4.78 is 52.3. The Balaban J connectivity index is 2.01. The van der Waals surface area contributed by atoms with Crippen molar-refractivity contribution < 1.29 is 22.0 Å². The molecule has 0 saturated heterocycles. The lowest BCUT2D eigenvalue weighted by molar-refractivity contribution is 0.102. The number of carbonyl (C=O) groups is 1. The van der Waals surface area contributed by atoms with E-state index in [1.165, 1.54) is 18.3 Å². The van der Waals surface area contributed by atoms with E-state index in [0.717, 1.165) is 17.0 Å². The molecule has 0 saturated carbocycles. The number of sulfonamides is 1. The number of nitrogens with one attached hydrogen (secondary N) is 1. The van der Waals surface area contributed by atoms with Crippen molar-refractivity contribution in [3.8, 4) is 0 Å². The molecule has 0 aliphatic rings. The molecule has 0 aliphatic carbocycles. The van der Waals surface area contributed by atoms with Crippen LogP contribution in [0.1, 0.15) is 21.5 Å². The Kier molecular flexibility index (Phi) is 5.05. The first-order chi connectivity index (χ1) is 10.3. The van der Waals surface area contributed by atoms with Gasteiger partial charge in [0.05, 0.1) is 9.77 Å². The fraction of sp³-hybridized carbons (Fsp3) is 0.214. The molecular formula is C14H13F2NO3S2. The number of Topliss-reactive ketones (excluding diaryl/α,β-unsaturated/α-hetero) is 1. The standard InChI is InChI=1S/C14H13F2NO3S2/c1-9(18)14-3-2-12(21-14)4-5-17-22(19,20)13-7-10(15)6-11(16)8-13/h2-3,6-8,17H,4-5H2,1H3. The maximum Gasteiger partial charge on any atom is 0.240 e. The van der Waals surface area contributed by atoms with Crippen molar-refractivity contribution in [2.75, 3.05) is 6.54 Å². The zero-order valence-corrected chi connectivity index (χ0v) is 13.2. The number of hydrogen-bond donors (Lipinski definition) is 1. The molecule has 0 spiro atoms. The van der Waals surface area contributed by atoms with Crippen LogP contribution < -0.4 is 4.72 Å². The molecule has 0 unspecified atom stereocenters. The van der Waals surface area contributed by atoms with Gasteiger partial charge in [-0.1, -0.05) is 0 Å². The molecule has 1 N–H and O–H groups in total. The second-order valence-electron chi connectivity index (χ2n) is 4.58. The summed E-state index contributed by atoms with van der Waals surface area (Å²) in [5, 5.41) is 0. The minimum absolute atomic E-state index is 0.0490. The van der Waals surface area contributed by atoms with Gasteiger partial charge in [0.1, 0.15) is 11.6 Å². The predicted octanol–water partition coefficient (Wildman–Crippen LogP) is 2.75. The Hall–Kier alpha value is -1.64. The van der Waals surface area contributed by atoms with Gasteiger partial charge in [-0.15, -0.1) is 11.3 Å². The summed E-state index contributed by atoms with van der Waals surface area (Å²) in [5.74, 6) is -1.96. The monoisotopic (exact) mass is 345 g/mol. The smallest absolute Gasteiger partial charge is 0.240 e. The van der Waals surface area contributed by atoms with Crippen LogP contribution in [0, 0.1) is 11.6 Å². The Morgan fingerprint density at radius 3 is 2.36 bits per heavy atom. The van der Waals surface area contributed by atoms with Gasteiger partial charge in [0.15, 0.2) is 5.78 Å². The van der Waals surface area contributed by atoms with Crippen molar-refractivity contribution in [2.24, 2.45) is 0 Å². The average Bonchev–Trinajstić information content (AvgIpc) is 2.86. The summed E-state index contributed by atoms with van der Waals surface area (Å²) in [6.07, 6.45) is 0.384. The largest absolute Gasteiger partial charge is 0.294 e. The molecule has 4 nitrogen and oxygen atoms in total. The fourth-order valence-corrected chi connectivity index (χ4v) is 3.75. The van der Waals surface area contributed by atoms with Crippen LogP contribution in [0.3, 0.4) is 0 Å². The van der Waals surface area contributed by atoms with Gasteiger partial charge in [-0.3, -0.25) is 4.79 Å². The Labute approximate surface area is 130 Å². The highest BCUT2D eigenvalue weighted by Gasteiger charge is 2.16. The number of hydrogen-bond acceptors (Lipinski definition) is 4. The molecule has 2 rings (SSSR count). The Morgan fingerprint density at radius 1 is 1.18 bits per heavy atom. The van der Waals surface area contributed by atoms with Gasteiger partial charge in [-0.2, -0.15) is 0 Å². The van der Waals surface area contributed by atoms with Crippen molar-refractivity contribution in [1.82, 2.24) is 4.72 Å². The second-order valence-corrected chi connectivity index (χ2v) is 7.51. The number of benzene rings is 1. The number of rotatable bonds is 6. The molecule has 2 aromatic rings. The van der Waals surface area contributed by atoms with Crippen molar-refractivity contribution in [1.29, 1.82) is 0 Å². The quantitative estimate of drug-likeness (QED) is 0.819. The normalized spacial score (nSPS) is 11.6. The Morgan fingerprint density at radius 2 is 1.82 bits per heavy atom. The van der Waals surface area contributed by atoms with E-state index in [9.17, 15) is 22.0 Å². The van der Waals surface area contributed by atoms with Crippen molar-refractivity contribution in [3.05, 3.63) is 51.7 Å². The SMILES string of the molecule is CC(=O)c1ccc(CCNS(=O)(=O)c2cc(F)cc(F)c2)s1. The molecule has 118 valence electrons. The van der Waals surface area contributed by atoms with E-state index in [-0.39, 0.29) is 12.3 Å². The van der Waals surface area contributed by atoms with Crippen LogP contribution in [0.15, 0.2) is 35.2 Å². The molecule has 1 aromatic heterocycles. The molecular weight excluding hydrogens is 332 g/mol. The molecule has 0 radical (unpaired) electrons. The van der Waals surface area contributed by atoms with Gasteiger partial charge in [-0.05, 0) is 37.6 Å². The van der Waals surface area contributed by atoms with E-state index in [2.05, 4.69) is 4.72 Å². The predicted molar refractivity (Wildman–Crippen MR) is 79.6 cm³/mol. The molecule has 8 heteroatoms. The van der Waals surface area contributed by atoms with Crippen molar-refractivity contribution in [3.63, 3.8) is 0 Å². The lowest BCUT2D eigenvalue weighted by atomic mass is 10.3. The molecule has 22 heavy (non-hydrogen) atoms. The third-order valence-electron chi connectivity index (χ3n) is 2.82. The summed E-state index contributed by atoms with van der Waals surface area (Å²) in [5.41, 5.74) is 0. The van der Waals surface area contributed by atoms with Crippen LogP contribution in [-0.2, 0) is 16.4 Å². The van der Waals surface area contributed by atoms with Crippen LogP contribution in [0.4, 0.5) is 8.78 Å². The number of halogens is 2. The Bertz CT molecular complexity index is 780. The highest BCUT2D eigenvalue weighted by atomic mass is 32.2. The van der Waals surface area contributed by atoms with Gasteiger partial charge in [0.25, 0.3) is 0 Å². The molecule has 0 fully saturated rings. The molecule has 1 aromatic carbocycles. The topological polar surface area (TPSA) is 63.2 Å². The van der Waals surface area contributed by atoms with Crippen molar-refractivity contribution in [2.45, 2.75) is 18.2 Å². The maximum absolute atomic E-state index is 13.1. The highest BCUT2D eigenvalue weighted by molar-refractivity contribution is 7.89. The van der Waals surface area contributed by atoms with Gasteiger partial charge in [-0.25, -0.2) is 21.9 Å². The number of thiophene rings is 1. The third kappa shape index (κ3) is 4.19. The first kappa shape index (κ1) is 16.7. The van der Waals surface area contributed by atoms with Gasteiger partial charge < -0.3 is 0 Å². The first-order valence-electron chi connectivity index (χ1n) is 6.33. The van der Waals surface area contributed by atoms with Crippen LogP contribution in [0.5, 0.6) is 0 Å². The molecule has 0 aliphatic heterocycles. The molecule has 0 atom stereocenters. The minimum Gasteiger partial charge on any atom is -0.294 e. The van der Waals surface area contributed by atoms with Gasteiger partial charge in [0.2, 0.25) is 10.0 Å². The van der Waals surface area contributed by atoms with E-state index < -0.39 is 26.6 Å². The van der Waals surface area contributed by atoms with E-state index in [0.29, 0.717) is 17.4 Å². The summed E-state index contributed by atoms with van der Waals surface area (Å²) in [4.78, 5) is 12.2. The summed E-state index contributed by atoms with van der Waals surface area (Å²) in [6.45, 7) is 1.52. The molecule has 0 bridgehead atoms. The van der Waals surface area contributed by atoms with E-state index >= 15 is 0 Å². The zero-order valence-electron chi connectivity index (χ0n) is 11.6. The second kappa shape index (κ2) is 6.64. The van der Waals surface area contributed by atoms with Crippen LogP contribution in [0.2, 0.25) is 0 Å². The van der Waals surface area contributed by atoms with Gasteiger partial charge in [0, 0.05) is 17.5 Å². The molecule has 0 amide bonds. The van der Waals surface area contributed by atoms with Crippen molar-refractivity contribution >= 4 is 27.1 Å². The third-order valence-corrected chi connectivity index (χ3v) is 5.50. The lowest BCUT2D eigenvalue weighted by Gasteiger charge is -2.06. The van der Waals surface area contributed by atoms with Crippen LogP contribution in [0.25, 0.3) is 0 Å². The number of ketones is 1. The lowest BCUT2D eigenvalue weighted by Crippen LogP contribution is -2.26. The summed E-state index contributed by atoms with van der Waals surface area (Å²) in [7, 11) is -3.98. The van der Waals surface area contributed by atoms with E-state index in [1.54, 1.807) is 12.1 Å². The summed E-state index contributed by atoms with van der Waals surface area (Å²) >= 11 is 1.29. The maximum atomic E-state index is 13.1. The van der Waals surface area contributed by atoms with Crippen LogP contribution >= 0.6 is 11.3 Å². The van der Waals surface area contributed by atoms with E-state index in [4.69, 9.17) is 0 Å². The molecule has 1 heterocycles. The highest BCUT2D eigenvalue weighted by Crippen LogP contribution is 2.18. The fourth-order valence-electron chi connectivity index (χ4n) is 1.78. The minimum atomic E-state index is -3.98.